The second kappa shape index (κ2) is 7.32. The summed E-state index contributed by atoms with van der Waals surface area (Å²) in [5.74, 6) is -0.349. The molecular weight excluding hydrogens is 446 g/mol. The molecule has 3 aliphatic carbocycles. The molecule has 3 amide bonds. The first-order valence-electron chi connectivity index (χ1n) is 13.1. The van der Waals surface area contributed by atoms with Crippen molar-refractivity contribution in [2.24, 2.45) is 11.8 Å². The van der Waals surface area contributed by atoms with Crippen molar-refractivity contribution in [2.75, 3.05) is 0 Å². The van der Waals surface area contributed by atoms with Gasteiger partial charge in [0.1, 0.15) is 12.2 Å². The number of urea groups is 1. The molecule has 3 heterocycles. The van der Waals surface area contributed by atoms with Crippen molar-refractivity contribution >= 4 is 20.3 Å². The van der Waals surface area contributed by atoms with E-state index in [2.05, 4.69) is 62.8 Å². The van der Waals surface area contributed by atoms with Gasteiger partial charge in [-0.3, -0.25) is 4.79 Å². The van der Waals surface area contributed by atoms with E-state index >= 15 is 0 Å². The van der Waals surface area contributed by atoms with Crippen molar-refractivity contribution in [1.29, 1.82) is 0 Å². The predicted octanol–water partition coefficient (Wildman–Crippen LogP) is 4.00. The highest BCUT2D eigenvalue weighted by atomic mass is 28.4. The molecule has 6 aliphatic rings. The van der Waals surface area contributed by atoms with E-state index in [0.29, 0.717) is 0 Å². The van der Waals surface area contributed by atoms with E-state index in [0.717, 1.165) is 32.1 Å². The zero-order valence-electron chi connectivity index (χ0n) is 22.1. The van der Waals surface area contributed by atoms with Gasteiger partial charge in [0.2, 0.25) is 5.91 Å². The molecule has 1 unspecified atom stereocenters. The van der Waals surface area contributed by atoms with Crippen LogP contribution in [0.15, 0.2) is 11.6 Å². The highest BCUT2D eigenvalue weighted by Crippen LogP contribution is 2.63. The van der Waals surface area contributed by atoms with Gasteiger partial charge in [-0.15, -0.1) is 0 Å². The molecule has 6 rings (SSSR count). The summed E-state index contributed by atoms with van der Waals surface area (Å²) >= 11 is 0. The number of rotatable bonds is 4. The Hall–Kier alpha value is -1.38. The summed E-state index contributed by atoms with van der Waals surface area (Å²) in [6.45, 7) is 17.6. The lowest BCUT2D eigenvalue weighted by Gasteiger charge is -2.51. The molecule has 4 fully saturated rings. The molecule has 0 aromatic carbocycles. The summed E-state index contributed by atoms with van der Waals surface area (Å²) in [6, 6.07) is -0.190. The molecule has 8 heteroatoms. The van der Waals surface area contributed by atoms with Crippen molar-refractivity contribution in [3.8, 4) is 0 Å². The van der Waals surface area contributed by atoms with Gasteiger partial charge in [-0.1, -0.05) is 26.8 Å². The maximum Gasteiger partial charge on any atom is 0.315 e. The second-order valence-electron chi connectivity index (χ2n) is 13.5. The highest BCUT2D eigenvalue weighted by molar-refractivity contribution is 6.74. The third kappa shape index (κ3) is 3.34. The Kier molecular flexibility index (Phi) is 5.24. The van der Waals surface area contributed by atoms with Crippen molar-refractivity contribution < 1.29 is 18.8 Å². The molecule has 0 radical (unpaired) electrons. The fourth-order valence-electron chi connectivity index (χ4n) is 7.22. The number of amides is 3. The van der Waals surface area contributed by atoms with E-state index < -0.39 is 25.0 Å². The van der Waals surface area contributed by atoms with Gasteiger partial charge in [0.15, 0.2) is 8.32 Å². The maximum absolute atomic E-state index is 13.8. The summed E-state index contributed by atoms with van der Waals surface area (Å²) in [5, 5.41) is 9.83. The van der Waals surface area contributed by atoms with Crippen LogP contribution in [0.25, 0.3) is 0 Å². The Morgan fingerprint density at radius 3 is 2.62 bits per heavy atom. The van der Waals surface area contributed by atoms with Crippen LogP contribution in [0.3, 0.4) is 0 Å². The topological polar surface area (TPSA) is 92.0 Å². The fraction of sp³-hybridized carbons (Fsp3) is 0.846. The van der Waals surface area contributed by atoms with Crippen molar-refractivity contribution in [3.63, 3.8) is 0 Å². The van der Waals surface area contributed by atoms with Crippen molar-refractivity contribution in [2.45, 2.75) is 127 Å². The van der Waals surface area contributed by atoms with E-state index in [1.165, 1.54) is 5.57 Å². The molecule has 7 atom stereocenters. The number of epoxide rings is 1. The normalized spacial score (nSPS) is 44.3. The minimum Gasteiger partial charge on any atom is -0.411 e. The lowest BCUT2D eigenvalue weighted by atomic mass is 9.64. The first kappa shape index (κ1) is 24.3. The molecule has 3 aliphatic heterocycles. The number of nitrogens with one attached hydrogen (secondary N) is 3. The highest BCUT2D eigenvalue weighted by Gasteiger charge is 2.75. The second-order valence-corrected chi connectivity index (χ2v) is 18.2. The van der Waals surface area contributed by atoms with Crippen LogP contribution < -0.4 is 16.0 Å². The van der Waals surface area contributed by atoms with Crippen molar-refractivity contribution in [1.82, 2.24) is 16.0 Å². The van der Waals surface area contributed by atoms with Gasteiger partial charge >= 0.3 is 6.03 Å². The van der Waals surface area contributed by atoms with Crippen LogP contribution in [-0.2, 0) is 14.0 Å². The van der Waals surface area contributed by atoms with Gasteiger partial charge in [-0.05, 0) is 76.6 Å². The minimum absolute atomic E-state index is 0.0109. The largest absolute Gasteiger partial charge is 0.411 e. The molecule has 2 saturated carbocycles. The lowest BCUT2D eigenvalue weighted by Crippen LogP contribution is -2.71. The zero-order chi connectivity index (χ0) is 24.9. The van der Waals surface area contributed by atoms with Gasteiger partial charge < -0.3 is 25.1 Å². The number of hydrogen-bond acceptors (Lipinski definition) is 4. The average molecular weight is 490 g/mol. The van der Waals surface area contributed by atoms with E-state index in [1.807, 2.05) is 13.8 Å². The Bertz CT molecular complexity index is 943. The summed E-state index contributed by atoms with van der Waals surface area (Å²) in [4.78, 5) is 26.8. The monoisotopic (exact) mass is 489 g/mol. The lowest BCUT2D eigenvalue weighted by molar-refractivity contribution is -0.132. The third-order valence-electron chi connectivity index (χ3n) is 9.79. The molecule has 2 bridgehead atoms. The van der Waals surface area contributed by atoms with Gasteiger partial charge in [-0.2, -0.15) is 0 Å². The standard InChI is InChI=1S/C26H43N3O4Si/c1-15(2)27-22(31)29-25-11-9-10-16(25)14-17-24(6,33-34(7,8)23(3,4)5)12-13-26(17)20-19(32-20)18(25)21(30)28-26/h14-15,17-20H,9-13H2,1-8H3,(H,28,30)(H2,27,29,31)/b16-14-/t17?,18-,19-,20-,24+,25-,26-/m1/s1. The Labute approximate surface area is 205 Å². The summed E-state index contributed by atoms with van der Waals surface area (Å²) in [5.41, 5.74) is -0.313. The van der Waals surface area contributed by atoms with Gasteiger partial charge in [0.25, 0.3) is 0 Å². The number of carbonyl (C=O) groups is 2. The Balaban J connectivity index is 1.60. The molecule has 190 valence electrons. The van der Waals surface area contributed by atoms with Gasteiger partial charge in [0.05, 0.1) is 22.6 Å². The molecular formula is C26H43N3O4Si. The minimum atomic E-state index is -2.07. The first-order chi connectivity index (χ1) is 15.7. The van der Waals surface area contributed by atoms with Crippen LogP contribution >= 0.6 is 0 Å². The van der Waals surface area contributed by atoms with Crippen LogP contribution in [-0.4, -0.2) is 55.2 Å². The van der Waals surface area contributed by atoms with Gasteiger partial charge in [0, 0.05) is 12.0 Å². The molecule has 2 saturated heterocycles. The van der Waals surface area contributed by atoms with E-state index in [-0.39, 0.29) is 47.1 Å². The number of fused-ring (bicyclic) bond motifs is 1. The van der Waals surface area contributed by atoms with Gasteiger partial charge in [-0.25, -0.2) is 4.79 Å². The molecule has 1 spiro atoms. The predicted molar refractivity (Wildman–Crippen MR) is 134 cm³/mol. The van der Waals surface area contributed by atoms with Crippen LogP contribution in [0.4, 0.5) is 4.79 Å². The van der Waals surface area contributed by atoms with Crippen LogP contribution in [0.2, 0.25) is 18.1 Å². The van der Waals surface area contributed by atoms with Crippen LogP contribution in [0.1, 0.15) is 73.6 Å². The maximum atomic E-state index is 13.8. The number of carbonyl (C=O) groups excluding carboxylic acids is 2. The number of ether oxygens (including phenoxy) is 1. The summed E-state index contributed by atoms with van der Waals surface area (Å²) in [7, 11) is -2.07. The smallest absolute Gasteiger partial charge is 0.315 e. The van der Waals surface area contributed by atoms with Crippen LogP contribution in [0.5, 0.6) is 0 Å². The number of piperidine rings is 1. The Morgan fingerprint density at radius 2 is 1.97 bits per heavy atom. The third-order valence-corrected chi connectivity index (χ3v) is 14.4. The average Bonchev–Trinajstić information content (AvgIpc) is 3.30. The zero-order valence-corrected chi connectivity index (χ0v) is 23.1. The molecule has 0 aromatic rings. The van der Waals surface area contributed by atoms with E-state index in [4.69, 9.17) is 9.16 Å². The SMILES string of the molecule is CC(C)NC(=O)N[C@]12CCC/C1=C/C1[C@@](C)(O[Si](C)(C)C(C)(C)C)CC[C@@]13NC(=O)[C@H]2[C@H]1O[C@H]13. The van der Waals surface area contributed by atoms with Crippen LogP contribution in [0, 0.1) is 11.8 Å². The number of hydrogen-bond donors (Lipinski definition) is 3. The summed E-state index contributed by atoms with van der Waals surface area (Å²) < 4.78 is 13.5. The quantitative estimate of drug-likeness (QED) is 0.316. The molecule has 34 heavy (non-hydrogen) atoms. The molecule has 0 aromatic heterocycles. The molecule has 7 nitrogen and oxygen atoms in total. The Morgan fingerprint density at radius 1 is 1.26 bits per heavy atom. The van der Waals surface area contributed by atoms with E-state index in [9.17, 15) is 9.59 Å². The fourth-order valence-corrected chi connectivity index (χ4v) is 8.92. The van der Waals surface area contributed by atoms with E-state index in [1.54, 1.807) is 0 Å². The summed E-state index contributed by atoms with van der Waals surface area (Å²) in [6.07, 6.45) is 6.59. The first-order valence-corrected chi connectivity index (χ1v) is 16.0. The van der Waals surface area contributed by atoms with Crippen molar-refractivity contribution in [3.05, 3.63) is 11.6 Å². The molecule has 3 N–H and O–H groups in total.